The highest BCUT2D eigenvalue weighted by Gasteiger charge is 2.00. The molecule has 0 fully saturated rings. The summed E-state index contributed by atoms with van der Waals surface area (Å²) in [5.74, 6) is 0.129. The number of rotatable bonds is 4. The van der Waals surface area contributed by atoms with Crippen LogP contribution in [0.15, 0.2) is 18.2 Å². The zero-order chi connectivity index (χ0) is 10.6. The molecule has 0 aliphatic carbocycles. The lowest BCUT2D eigenvalue weighted by atomic mass is 10.0. The van der Waals surface area contributed by atoms with Gasteiger partial charge in [0.1, 0.15) is 5.78 Å². The third-order valence-electron chi connectivity index (χ3n) is 2.20. The molecule has 0 aromatic heterocycles. The highest BCUT2D eigenvalue weighted by atomic mass is 16.1. The molecule has 0 saturated carbocycles. The first-order chi connectivity index (χ1) is 6.61. The number of Topliss-reactive ketones (excluding diaryl/α,β-unsaturated/α-hetero) is 1. The average Bonchev–Trinajstić information content (AvgIpc) is 2.12. The molecular weight excluding hydrogens is 174 g/mol. The fourth-order valence-electron chi connectivity index (χ4n) is 1.60. The van der Waals surface area contributed by atoms with Gasteiger partial charge in [0.15, 0.2) is 0 Å². The topological polar surface area (TPSA) is 43.1 Å². The highest BCUT2D eigenvalue weighted by molar-refractivity contribution is 5.80. The fraction of sp³-hybridized carbons (Fsp3) is 0.417. The van der Waals surface area contributed by atoms with Gasteiger partial charge in [0.05, 0.1) is 6.54 Å². The quantitative estimate of drug-likeness (QED) is 0.788. The van der Waals surface area contributed by atoms with Crippen molar-refractivity contribution < 1.29 is 4.79 Å². The van der Waals surface area contributed by atoms with Crippen molar-refractivity contribution in [3.63, 3.8) is 0 Å². The molecule has 0 aliphatic heterocycles. The van der Waals surface area contributed by atoms with E-state index in [-0.39, 0.29) is 12.3 Å². The van der Waals surface area contributed by atoms with Crippen molar-refractivity contribution in [2.45, 2.75) is 26.7 Å². The van der Waals surface area contributed by atoms with Crippen molar-refractivity contribution in [2.24, 2.45) is 5.73 Å². The van der Waals surface area contributed by atoms with E-state index in [1.54, 1.807) is 0 Å². The van der Waals surface area contributed by atoms with Crippen LogP contribution in [0.5, 0.6) is 0 Å². The van der Waals surface area contributed by atoms with Crippen molar-refractivity contribution in [3.8, 4) is 0 Å². The van der Waals surface area contributed by atoms with Gasteiger partial charge in [0, 0.05) is 6.42 Å². The lowest BCUT2D eigenvalue weighted by Crippen LogP contribution is -2.13. The van der Waals surface area contributed by atoms with Crippen LogP contribution in [0.1, 0.15) is 23.1 Å². The van der Waals surface area contributed by atoms with Crippen molar-refractivity contribution in [1.82, 2.24) is 0 Å². The molecule has 1 rings (SSSR count). The third kappa shape index (κ3) is 3.30. The molecule has 1 aromatic rings. The van der Waals surface area contributed by atoms with Crippen LogP contribution in [0.2, 0.25) is 0 Å². The van der Waals surface area contributed by atoms with Crippen LogP contribution in [-0.4, -0.2) is 12.3 Å². The largest absolute Gasteiger partial charge is 0.324 e. The Kier molecular flexibility index (Phi) is 3.84. The van der Waals surface area contributed by atoms with Gasteiger partial charge < -0.3 is 5.73 Å². The molecule has 0 radical (unpaired) electrons. The number of carbonyl (C=O) groups is 1. The van der Waals surface area contributed by atoms with Gasteiger partial charge in [0.2, 0.25) is 0 Å². The first kappa shape index (κ1) is 10.9. The molecule has 2 N–H and O–H groups in total. The normalized spacial score (nSPS) is 10.2. The van der Waals surface area contributed by atoms with Crippen LogP contribution < -0.4 is 5.73 Å². The molecule has 0 amide bonds. The Morgan fingerprint density at radius 2 is 1.79 bits per heavy atom. The Labute approximate surface area is 85.1 Å². The number of hydrogen-bond acceptors (Lipinski definition) is 2. The molecular formula is C12H17NO. The predicted molar refractivity (Wildman–Crippen MR) is 58.3 cm³/mol. The Balaban J connectivity index is 2.63. The molecule has 0 unspecified atom stereocenters. The molecule has 76 valence electrons. The maximum Gasteiger partial charge on any atom is 0.146 e. The van der Waals surface area contributed by atoms with E-state index in [9.17, 15) is 4.79 Å². The molecule has 0 spiro atoms. The molecule has 2 nitrogen and oxygen atoms in total. The van der Waals surface area contributed by atoms with Crippen LogP contribution in [0.25, 0.3) is 0 Å². The van der Waals surface area contributed by atoms with Crippen LogP contribution in [-0.2, 0) is 11.2 Å². The molecule has 0 aliphatic rings. The first-order valence-corrected chi connectivity index (χ1v) is 4.91. The van der Waals surface area contributed by atoms with E-state index in [1.807, 2.05) is 0 Å². The summed E-state index contributed by atoms with van der Waals surface area (Å²) in [7, 11) is 0. The molecule has 1 aromatic carbocycles. The zero-order valence-corrected chi connectivity index (χ0v) is 8.84. The van der Waals surface area contributed by atoms with E-state index in [2.05, 4.69) is 32.0 Å². The second kappa shape index (κ2) is 4.91. The number of carbonyl (C=O) groups excluding carboxylic acids is 1. The van der Waals surface area contributed by atoms with Gasteiger partial charge in [-0.3, -0.25) is 4.79 Å². The molecule has 0 atom stereocenters. The van der Waals surface area contributed by atoms with Gasteiger partial charge >= 0.3 is 0 Å². The molecule has 0 saturated heterocycles. The minimum atomic E-state index is 0.129. The highest BCUT2D eigenvalue weighted by Crippen LogP contribution is 2.10. The summed E-state index contributed by atoms with van der Waals surface area (Å²) in [6, 6.07) is 6.38. The first-order valence-electron chi connectivity index (χ1n) is 4.91. The van der Waals surface area contributed by atoms with Crippen LogP contribution in [0, 0.1) is 13.8 Å². The molecule has 0 heterocycles. The SMILES string of the molecule is Cc1cc(C)cc(CCC(=O)CN)c1. The van der Waals surface area contributed by atoms with Gasteiger partial charge in [-0.15, -0.1) is 0 Å². The predicted octanol–water partition coefficient (Wildman–Crippen LogP) is 1.76. The average molecular weight is 191 g/mol. The Hall–Kier alpha value is -1.15. The minimum absolute atomic E-state index is 0.129. The lowest BCUT2D eigenvalue weighted by Gasteiger charge is -2.03. The number of nitrogens with two attached hydrogens (primary N) is 1. The smallest absolute Gasteiger partial charge is 0.146 e. The van der Waals surface area contributed by atoms with Crippen LogP contribution in [0.4, 0.5) is 0 Å². The summed E-state index contributed by atoms with van der Waals surface area (Å²) in [6.07, 6.45) is 1.36. The Bertz CT molecular complexity index is 311. The van der Waals surface area contributed by atoms with Gasteiger partial charge in [0.25, 0.3) is 0 Å². The maximum atomic E-state index is 11.0. The summed E-state index contributed by atoms with van der Waals surface area (Å²) in [5.41, 5.74) is 8.97. The summed E-state index contributed by atoms with van der Waals surface area (Å²) in [5, 5.41) is 0. The van der Waals surface area contributed by atoms with E-state index in [0.29, 0.717) is 6.42 Å². The second-order valence-electron chi connectivity index (χ2n) is 3.74. The summed E-state index contributed by atoms with van der Waals surface area (Å²) >= 11 is 0. The van der Waals surface area contributed by atoms with Gasteiger partial charge in [-0.25, -0.2) is 0 Å². The monoisotopic (exact) mass is 191 g/mol. The third-order valence-corrected chi connectivity index (χ3v) is 2.20. The number of aryl methyl sites for hydroxylation is 3. The van der Waals surface area contributed by atoms with Crippen LogP contribution >= 0.6 is 0 Å². The standard InChI is InChI=1S/C12H17NO/c1-9-5-10(2)7-11(6-9)3-4-12(14)8-13/h5-7H,3-4,8,13H2,1-2H3. The summed E-state index contributed by atoms with van der Waals surface area (Å²) in [6.45, 7) is 4.30. The minimum Gasteiger partial charge on any atom is -0.324 e. The van der Waals surface area contributed by atoms with E-state index in [1.165, 1.54) is 16.7 Å². The van der Waals surface area contributed by atoms with Gasteiger partial charge in [-0.05, 0) is 25.8 Å². The van der Waals surface area contributed by atoms with Gasteiger partial charge in [-0.2, -0.15) is 0 Å². The Morgan fingerprint density at radius 3 is 2.29 bits per heavy atom. The number of ketones is 1. The van der Waals surface area contributed by atoms with Crippen molar-refractivity contribution in [1.29, 1.82) is 0 Å². The fourth-order valence-corrected chi connectivity index (χ4v) is 1.60. The summed E-state index contributed by atoms with van der Waals surface area (Å²) < 4.78 is 0. The Morgan fingerprint density at radius 1 is 1.21 bits per heavy atom. The lowest BCUT2D eigenvalue weighted by molar-refractivity contribution is -0.117. The maximum absolute atomic E-state index is 11.0. The van der Waals surface area contributed by atoms with E-state index >= 15 is 0 Å². The van der Waals surface area contributed by atoms with E-state index in [4.69, 9.17) is 5.73 Å². The zero-order valence-electron chi connectivity index (χ0n) is 8.84. The van der Waals surface area contributed by atoms with Crippen LogP contribution in [0.3, 0.4) is 0 Å². The van der Waals surface area contributed by atoms with E-state index in [0.717, 1.165) is 6.42 Å². The molecule has 0 bridgehead atoms. The van der Waals surface area contributed by atoms with Gasteiger partial charge in [-0.1, -0.05) is 29.3 Å². The molecule has 14 heavy (non-hydrogen) atoms. The molecule has 2 heteroatoms. The van der Waals surface area contributed by atoms with Crippen molar-refractivity contribution in [3.05, 3.63) is 34.9 Å². The summed E-state index contributed by atoms with van der Waals surface area (Å²) in [4.78, 5) is 11.0. The second-order valence-corrected chi connectivity index (χ2v) is 3.74. The number of benzene rings is 1. The van der Waals surface area contributed by atoms with Crippen molar-refractivity contribution in [2.75, 3.05) is 6.54 Å². The van der Waals surface area contributed by atoms with Crippen molar-refractivity contribution >= 4 is 5.78 Å². The number of hydrogen-bond donors (Lipinski definition) is 1. The van der Waals surface area contributed by atoms with E-state index < -0.39 is 0 Å².